The van der Waals surface area contributed by atoms with Gasteiger partial charge >= 0.3 is 0 Å². The topological polar surface area (TPSA) is 92.5 Å². The highest BCUT2D eigenvalue weighted by molar-refractivity contribution is 7.92. The number of benzene rings is 2. The highest BCUT2D eigenvalue weighted by atomic mass is 32.2. The lowest BCUT2D eigenvalue weighted by Gasteiger charge is -2.25. The molecule has 1 aliphatic heterocycles. The molecule has 0 saturated heterocycles. The Bertz CT molecular complexity index is 896. The van der Waals surface area contributed by atoms with Gasteiger partial charge in [0.2, 0.25) is 0 Å². The summed E-state index contributed by atoms with van der Waals surface area (Å²) >= 11 is 0. The van der Waals surface area contributed by atoms with Gasteiger partial charge in [0, 0.05) is 31.8 Å². The number of nitro benzene ring substituents is 1. The van der Waals surface area contributed by atoms with Crippen LogP contribution in [0.4, 0.5) is 11.4 Å². The molecular formula is C16H17N3O4S. The molecule has 0 atom stereocenters. The zero-order valence-electron chi connectivity index (χ0n) is 13.1. The van der Waals surface area contributed by atoms with Gasteiger partial charge in [0.15, 0.2) is 0 Å². The fourth-order valence-electron chi connectivity index (χ4n) is 2.83. The Kier molecular flexibility index (Phi) is 4.25. The number of fused-ring (bicyclic) bond motifs is 1. The zero-order chi connectivity index (χ0) is 17.3. The first-order valence-electron chi connectivity index (χ1n) is 7.47. The lowest BCUT2D eigenvalue weighted by molar-refractivity contribution is -0.385. The average molecular weight is 347 g/mol. The minimum atomic E-state index is -3.80. The molecule has 0 unspecified atom stereocenters. The maximum Gasteiger partial charge on any atom is 0.269 e. The van der Waals surface area contributed by atoms with Crippen LogP contribution >= 0.6 is 0 Å². The number of aryl methyl sites for hydroxylation is 1. The van der Waals surface area contributed by atoms with Gasteiger partial charge in [-0.25, -0.2) is 8.42 Å². The van der Waals surface area contributed by atoms with Crippen LogP contribution in [-0.2, 0) is 16.6 Å². The Labute approximate surface area is 140 Å². The van der Waals surface area contributed by atoms with E-state index in [-0.39, 0.29) is 10.6 Å². The van der Waals surface area contributed by atoms with E-state index < -0.39 is 14.9 Å². The SMILES string of the molecule is Cc1cc([N+](=O)[O-])ccc1S(=O)(=O)N1CCNCc2ccccc21. The largest absolute Gasteiger partial charge is 0.311 e. The summed E-state index contributed by atoms with van der Waals surface area (Å²) < 4.78 is 27.6. The second kappa shape index (κ2) is 6.21. The molecule has 24 heavy (non-hydrogen) atoms. The smallest absolute Gasteiger partial charge is 0.269 e. The van der Waals surface area contributed by atoms with Crippen LogP contribution in [0, 0.1) is 17.0 Å². The number of anilines is 1. The molecule has 0 bridgehead atoms. The third-order valence-corrected chi connectivity index (χ3v) is 5.98. The first-order chi connectivity index (χ1) is 11.4. The van der Waals surface area contributed by atoms with Gasteiger partial charge in [-0.1, -0.05) is 18.2 Å². The fourth-order valence-corrected chi connectivity index (χ4v) is 4.54. The maximum absolute atomic E-state index is 13.1. The van der Waals surface area contributed by atoms with Gasteiger partial charge in [-0.05, 0) is 30.2 Å². The Morgan fingerprint density at radius 2 is 1.96 bits per heavy atom. The van der Waals surface area contributed by atoms with Gasteiger partial charge in [0.25, 0.3) is 15.7 Å². The van der Waals surface area contributed by atoms with E-state index in [4.69, 9.17) is 0 Å². The van der Waals surface area contributed by atoms with E-state index in [1.54, 1.807) is 19.1 Å². The van der Waals surface area contributed by atoms with E-state index in [0.717, 1.165) is 5.56 Å². The van der Waals surface area contributed by atoms with Crippen molar-refractivity contribution in [2.45, 2.75) is 18.4 Å². The number of rotatable bonds is 3. The highest BCUT2D eigenvalue weighted by Crippen LogP contribution is 2.30. The van der Waals surface area contributed by atoms with Crippen molar-refractivity contribution < 1.29 is 13.3 Å². The summed E-state index contributed by atoms with van der Waals surface area (Å²) in [6.07, 6.45) is 0. The van der Waals surface area contributed by atoms with Crippen molar-refractivity contribution in [3.8, 4) is 0 Å². The van der Waals surface area contributed by atoms with E-state index in [2.05, 4.69) is 5.32 Å². The van der Waals surface area contributed by atoms with Crippen LogP contribution in [0.5, 0.6) is 0 Å². The van der Waals surface area contributed by atoms with Gasteiger partial charge in [0.1, 0.15) is 0 Å². The molecule has 0 amide bonds. The summed E-state index contributed by atoms with van der Waals surface area (Å²) in [5.74, 6) is 0. The molecule has 1 heterocycles. The minimum absolute atomic E-state index is 0.0878. The Balaban J connectivity index is 2.10. The van der Waals surface area contributed by atoms with Crippen LogP contribution in [0.1, 0.15) is 11.1 Å². The average Bonchev–Trinajstić information content (AvgIpc) is 2.77. The number of nitro groups is 1. The van der Waals surface area contributed by atoms with E-state index in [0.29, 0.717) is 30.9 Å². The van der Waals surface area contributed by atoms with Gasteiger partial charge < -0.3 is 5.32 Å². The molecule has 0 fully saturated rings. The summed E-state index contributed by atoms with van der Waals surface area (Å²) in [5, 5.41) is 14.1. The number of nitrogens with zero attached hydrogens (tertiary/aromatic N) is 2. The van der Waals surface area contributed by atoms with Gasteiger partial charge in [0.05, 0.1) is 15.5 Å². The summed E-state index contributed by atoms with van der Waals surface area (Å²) in [4.78, 5) is 10.4. The first-order valence-corrected chi connectivity index (χ1v) is 8.91. The van der Waals surface area contributed by atoms with Gasteiger partial charge in [-0.3, -0.25) is 14.4 Å². The molecule has 7 nitrogen and oxygen atoms in total. The van der Waals surface area contributed by atoms with Crippen LogP contribution in [0.25, 0.3) is 0 Å². The molecule has 1 N–H and O–H groups in total. The summed E-state index contributed by atoms with van der Waals surface area (Å²) in [5.41, 5.74) is 1.78. The second-order valence-corrected chi connectivity index (χ2v) is 7.42. The predicted octanol–water partition coefficient (Wildman–Crippen LogP) is 2.20. The number of sulfonamides is 1. The molecule has 8 heteroatoms. The third kappa shape index (κ3) is 2.85. The molecule has 2 aromatic carbocycles. The monoisotopic (exact) mass is 347 g/mol. The third-order valence-electron chi connectivity index (χ3n) is 4.00. The van der Waals surface area contributed by atoms with Crippen LogP contribution < -0.4 is 9.62 Å². The number of para-hydroxylation sites is 1. The van der Waals surface area contributed by atoms with Crippen molar-refractivity contribution in [1.82, 2.24) is 5.32 Å². The van der Waals surface area contributed by atoms with Crippen LogP contribution in [-0.4, -0.2) is 26.4 Å². The molecule has 3 rings (SSSR count). The van der Waals surface area contributed by atoms with Crippen molar-refractivity contribution in [1.29, 1.82) is 0 Å². The number of non-ortho nitro benzene ring substituents is 1. The number of hydrogen-bond donors (Lipinski definition) is 1. The highest BCUT2D eigenvalue weighted by Gasteiger charge is 2.29. The van der Waals surface area contributed by atoms with E-state index >= 15 is 0 Å². The molecular weight excluding hydrogens is 330 g/mol. The lowest BCUT2D eigenvalue weighted by Crippen LogP contribution is -2.35. The molecule has 1 aliphatic rings. The van der Waals surface area contributed by atoms with Gasteiger partial charge in [-0.2, -0.15) is 0 Å². The second-order valence-electron chi connectivity index (χ2n) is 5.59. The maximum atomic E-state index is 13.1. The van der Waals surface area contributed by atoms with E-state index in [1.807, 2.05) is 12.1 Å². The number of nitrogens with one attached hydrogen (secondary N) is 1. The molecule has 0 spiro atoms. The standard InChI is InChI=1S/C16H17N3O4S/c1-12-10-14(19(20)21)6-7-16(12)24(22,23)18-9-8-17-11-13-4-2-3-5-15(13)18/h2-7,10,17H,8-9,11H2,1H3. The molecule has 0 aromatic heterocycles. The summed E-state index contributed by atoms with van der Waals surface area (Å²) in [6.45, 7) is 3.00. The first kappa shape index (κ1) is 16.4. The van der Waals surface area contributed by atoms with Gasteiger partial charge in [-0.15, -0.1) is 0 Å². The van der Waals surface area contributed by atoms with Crippen molar-refractivity contribution in [3.05, 3.63) is 63.7 Å². The van der Waals surface area contributed by atoms with E-state index in [9.17, 15) is 18.5 Å². The Morgan fingerprint density at radius 1 is 1.21 bits per heavy atom. The zero-order valence-corrected chi connectivity index (χ0v) is 13.9. The normalized spacial score (nSPS) is 14.8. The van der Waals surface area contributed by atoms with E-state index in [1.165, 1.54) is 22.5 Å². The molecule has 126 valence electrons. The Morgan fingerprint density at radius 3 is 2.67 bits per heavy atom. The summed E-state index contributed by atoms with van der Waals surface area (Å²) in [6, 6.07) is 11.2. The fraction of sp³-hybridized carbons (Fsp3) is 0.250. The Hall–Kier alpha value is -2.45. The quantitative estimate of drug-likeness (QED) is 0.679. The molecule has 0 aliphatic carbocycles. The number of hydrogen-bond acceptors (Lipinski definition) is 5. The van der Waals surface area contributed by atoms with Crippen molar-refractivity contribution in [2.24, 2.45) is 0 Å². The lowest BCUT2D eigenvalue weighted by atomic mass is 10.2. The van der Waals surface area contributed by atoms with Crippen LogP contribution in [0.2, 0.25) is 0 Å². The predicted molar refractivity (Wildman–Crippen MR) is 90.5 cm³/mol. The molecule has 2 aromatic rings. The molecule has 0 radical (unpaired) electrons. The minimum Gasteiger partial charge on any atom is -0.311 e. The molecule has 0 saturated carbocycles. The summed E-state index contributed by atoms with van der Waals surface area (Å²) in [7, 11) is -3.80. The van der Waals surface area contributed by atoms with Crippen molar-refractivity contribution >= 4 is 21.4 Å². The van der Waals surface area contributed by atoms with Crippen LogP contribution in [0.3, 0.4) is 0 Å². The van der Waals surface area contributed by atoms with Crippen molar-refractivity contribution in [3.63, 3.8) is 0 Å². The van der Waals surface area contributed by atoms with Crippen LogP contribution in [0.15, 0.2) is 47.4 Å². The van der Waals surface area contributed by atoms with Crippen molar-refractivity contribution in [2.75, 3.05) is 17.4 Å².